The number of nitrogens with one attached hydrogen (secondary N) is 1. The Labute approximate surface area is 173 Å². The molecule has 7 nitrogen and oxygen atoms in total. The molecule has 2 unspecified atom stereocenters. The normalized spacial score (nSPS) is 21.3. The van der Waals surface area contributed by atoms with E-state index in [1.807, 2.05) is 13.8 Å². The standard InChI is InChI=1S/C21H31N3O4S/c1-4-15(2)22-21(26)18-8-5-11-23(14-18)29(27,28)19-9-10-20-17(13-19)7-6-12-24(20)16(3)25/h9-10,13,15,18H,4-8,11-12,14H2,1-3H3,(H,22,26). The first-order chi connectivity index (χ1) is 13.7. The van der Waals surface area contributed by atoms with Crippen LogP contribution in [0.5, 0.6) is 0 Å². The van der Waals surface area contributed by atoms with Gasteiger partial charge in [-0.05, 0) is 62.8 Å². The lowest BCUT2D eigenvalue weighted by atomic mass is 9.98. The van der Waals surface area contributed by atoms with E-state index in [1.165, 1.54) is 11.2 Å². The number of sulfonamides is 1. The maximum Gasteiger partial charge on any atom is 0.243 e. The summed E-state index contributed by atoms with van der Waals surface area (Å²) in [6, 6.07) is 5.10. The molecule has 2 atom stereocenters. The van der Waals surface area contributed by atoms with Crippen molar-refractivity contribution < 1.29 is 18.0 Å². The van der Waals surface area contributed by atoms with Gasteiger partial charge in [0.1, 0.15) is 0 Å². The molecule has 2 amide bonds. The summed E-state index contributed by atoms with van der Waals surface area (Å²) in [6.07, 6.45) is 3.78. The average Bonchev–Trinajstić information content (AvgIpc) is 2.72. The van der Waals surface area contributed by atoms with Gasteiger partial charge in [-0.2, -0.15) is 4.31 Å². The minimum absolute atomic E-state index is 0.0345. The molecule has 0 aliphatic carbocycles. The van der Waals surface area contributed by atoms with Crippen molar-refractivity contribution in [2.24, 2.45) is 5.92 Å². The van der Waals surface area contributed by atoms with Gasteiger partial charge in [-0.25, -0.2) is 8.42 Å². The van der Waals surface area contributed by atoms with E-state index in [-0.39, 0.29) is 35.2 Å². The van der Waals surface area contributed by atoms with E-state index in [1.54, 1.807) is 23.1 Å². The third kappa shape index (κ3) is 4.64. The third-order valence-electron chi connectivity index (χ3n) is 5.94. The molecule has 0 aromatic heterocycles. The molecule has 1 aromatic rings. The van der Waals surface area contributed by atoms with Gasteiger partial charge in [0.15, 0.2) is 0 Å². The Hall–Kier alpha value is -1.93. The van der Waals surface area contributed by atoms with Crippen molar-refractivity contribution in [1.82, 2.24) is 9.62 Å². The summed E-state index contributed by atoms with van der Waals surface area (Å²) in [5, 5.41) is 2.97. The zero-order valence-electron chi connectivity index (χ0n) is 17.5. The Morgan fingerprint density at radius 2 is 2.00 bits per heavy atom. The predicted molar refractivity (Wildman–Crippen MR) is 112 cm³/mol. The summed E-state index contributed by atoms with van der Waals surface area (Å²) in [4.78, 5) is 26.3. The Kier molecular flexibility index (Phi) is 6.63. The molecule has 2 aliphatic heterocycles. The lowest BCUT2D eigenvalue weighted by Crippen LogP contribution is -2.47. The number of hydrogen-bond acceptors (Lipinski definition) is 4. The second-order valence-corrected chi connectivity index (χ2v) is 10.0. The van der Waals surface area contributed by atoms with Gasteiger partial charge in [-0.3, -0.25) is 9.59 Å². The van der Waals surface area contributed by atoms with E-state index in [2.05, 4.69) is 5.32 Å². The van der Waals surface area contributed by atoms with Gasteiger partial charge in [-0.15, -0.1) is 0 Å². The largest absolute Gasteiger partial charge is 0.353 e. The number of amides is 2. The van der Waals surface area contributed by atoms with Crippen molar-refractivity contribution in [3.63, 3.8) is 0 Å². The second kappa shape index (κ2) is 8.83. The van der Waals surface area contributed by atoms with Crippen molar-refractivity contribution in [3.05, 3.63) is 23.8 Å². The van der Waals surface area contributed by atoms with Crippen LogP contribution in [0, 0.1) is 5.92 Å². The predicted octanol–water partition coefficient (Wildman–Crippen LogP) is 2.30. The van der Waals surface area contributed by atoms with Crippen LogP contribution in [-0.4, -0.2) is 50.2 Å². The highest BCUT2D eigenvalue weighted by Gasteiger charge is 2.34. The lowest BCUT2D eigenvalue weighted by molar-refractivity contribution is -0.126. The van der Waals surface area contributed by atoms with Crippen LogP contribution in [-0.2, 0) is 26.0 Å². The number of piperidine rings is 1. The van der Waals surface area contributed by atoms with Crippen LogP contribution in [0.4, 0.5) is 5.69 Å². The smallest absolute Gasteiger partial charge is 0.243 e. The quantitative estimate of drug-likeness (QED) is 0.790. The molecule has 0 bridgehead atoms. The molecule has 160 valence electrons. The number of aryl methyl sites for hydroxylation is 1. The van der Waals surface area contributed by atoms with Crippen LogP contribution in [0.3, 0.4) is 0 Å². The first kappa shape index (κ1) is 21.8. The topological polar surface area (TPSA) is 86.8 Å². The molecule has 1 saturated heterocycles. The fourth-order valence-electron chi connectivity index (χ4n) is 4.05. The first-order valence-corrected chi connectivity index (χ1v) is 11.9. The highest BCUT2D eigenvalue weighted by atomic mass is 32.2. The van der Waals surface area contributed by atoms with E-state index in [0.29, 0.717) is 25.9 Å². The van der Waals surface area contributed by atoms with E-state index < -0.39 is 10.0 Å². The molecule has 2 aliphatic rings. The van der Waals surface area contributed by atoms with Crippen LogP contribution in [0.2, 0.25) is 0 Å². The van der Waals surface area contributed by atoms with Gasteiger partial charge in [0.05, 0.1) is 10.8 Å². The number of nitrogens with zero attached hydrogens (tertiary/aromatic N) is 2. The second-order valence-electron chi connectivity index (χ2n) is 8.08. The van der Waals surface area contributed by atoms with Gasteiger partial charge in [0.25, 0.3) is 0 Å². The van der Waals surface area contributed by atoms with E-state index in [4.69, 9.17) is 0 Å². The summed E-state index contributed by atoms with van der Waals surface area (Å²) < 4.78 is 27.9. The molecule has 2 heterocycles. The van der Waals surface area contributed by atoms with Crippen LogP contribution >= 0.6 is 0 Å². The molecule has 0 spiro atoms. The van der Waals surface area contributed by atoms with Gasteiger partial charge < -0.3 is 10.2 Å². The lowest BCUT2D eigenvalue weighted by Gasteiger charge is -2.33. The summed E-state index contributed by atoms with van der Waals surface area (Å²) in [7, 11) is -3.68. The summed E-state index contributed by atoms with van der Waals surface area (Å²) in [5.74, 6) is -0.423. The molecular weight excluding hydrogens is 390 g/mol. The molecule has 0 saturated carbocycles. The minimum atomic E-state index is -3.68. The van der Waals surface area contributed by atoms with Crippen molar-refractivity contribution >= 4 is 27.5 Å². The molecule has 1 fully saturated rings. The summed E-state index contributed by atoms with van der Waals surface area (Å²) >= 11 is 0. The molecular formula is C21H31N3O4S. The number of hydrogen-bond donors (Lipinski definition) is 1. The number of anilines is 1. The number of rotatable bonds is 5. The molecule has 0 radical (unpaired) electrons. The fraction of sp³-hybridized carbons (Fsp3) is 0.619. The number of benzene rings is 1. The van der Waals surface area contributed by atoms with Gasteiger partial charge in [0.2, 0.25) is 21.8 Å². The van der Waals surface area contributed by atoms with Gasteiger partial charge >= 0.3 is 0 Å². The van der Waals surface area contributed by atoms with Gasteiger partial charge in [-0.1, -0.05) is 6.92 Å². The van der Waals surface area contributed by atoms with Crippen LogP contribution in [0.1, 0.15) is 52.0 Å². The zero-order chi connectivity index (χ0) is 21.2. The number of carbonyl (C=O) groups excluding carboxylic acids is 2. The SMILES string of the molecule is CCC(C)NC(=O)C1CCCN(S(=O)(=O)c2ccc3c(c2)CCCN3C(C)=O)C1. The summed E-state index contributed by atoms with van der Waals surface area (Å²) in [6.45, 7) is 6.78. The van der Waals surface area contributed by atoms with E-state index >= 15 is 0 Å². The molecule has 1 N–H and O–H groups in total. The van der Waals surface area contributed by atoms with E-state index in [9.17, 15) is 18.0 Å². The number of carbonyl (C=O) groups is 2. The van der Waals surface area contributed by atoms with Crippen LogP contribution in [0.25, 0.3) is 0 Å². The highest BCUT2D eigenvalue weighted by molar-refractivity contribution is 7.89. The monoisotopic (exact) mass is 421 g/mol. The molecule has 29 heavy (non-hydrogen) atoms. The first-order valence-electron chi connectivity index (χ1n) is 10.5. The van der Waals surface area contributed by atoms with E-state index in [0.717, 1.165) is 30.5 Å². The fourth-order valence-corrected chi connectivity index (χ4v) is 5.62. The average molecular weight is 422 g/mol. The molecule has 8 heteroatoms. The van der Waals surface area contributed by atoms with Crippen molar-refractivity contribution in [2.45, 2.75) is 63.8 Å². The van der Waals surface area contributed by atoms with Crippen LogP contribution < -0.4 is 10.2 Å². The van der Waals surface area contributed by atoms with Gasteiger partial charge in [0, 0.05) is 38.3 Å². The van der Waals surface area contributed by atoms with Crippen molar-refractivity contribution in [3.8, 4) is 0 Å². The Morgan fingerprint density at radius 3 is 2.69 bits per heavy atom. The summed E-state index contributed by atoms with van der Waals surface area (Å²) in [5.41, 5.74) is 1.68. The van der Waals surface area contributed by atoms with Crippen molar-refractivity contribution in [2.75, 3.05) is 24.5 Å². The Balaban J connectivity index is 1.80. The minimum Gasteiger partial charge on any atom is -0.353 e. The molecule has 3 rings (SSSR count). The Bertz CT molecular complexity index is 884. The maximum atomic E-state index is 13.2. The zero-order valence-corrected chi connectivity index (χ0v) is 18.3. The van der Waals surface area contributed by atoms with Crippen molar-refractivity contribution in [1.29, 1.82) is 0 Å². The highest BCUT2D eigenvalue weighted by Crippen LogP contribution is 2.31. The number of fused-ring (bicyclic) bond motifs is 1. The Morgan fingerprint density at radius 1 is 1.24 bits per heavy atom. The van der Waals surface area contributed by atoms with Crippen LogP contribution in [0.15, 0.2) is 23.1 Å². The molecule has 1 aromatic carbocycles. The maximum absolute atomic E-state index is 13.2. The third-order valence-corrected chi connectivity index (χ3v) is 7.80.